The van der Waals surface area contributed by atoms with Gasteiger partial charge in [0.25, 0.3) is 0 Å². The lowest BCUT2D eigenvalue weighted by atomic mass is 9.36. The molecule has 0 spiro atoms. The van der Waals surface area contributed by atoms with Crippen LogP contribution in [0.25, 0.3) is 0 Å². The summed E-state index contributed by atoms with van der Waals surface area (Å²) in [5.74, 6) is 0.0418. The molecule has 10 rings (SSSR count). The Bertz CT molecular complexity index is 1540. The third kappa shape index (κ3) is 10.6. The lowest BCUT2D eigenvalue weighted by molar-refractivity contribution is -0.185. The first-order valence-corrected chi connectivity index (χ1v) is 18.4. The number of alkyl carbamates (subject to hydrolysis) is 1. The van der Waals surface area contributed by atoms with Gasteiger partial charge in [0.1, 0.15) is 6.10 Å². The van der Waals surface area contributed by atoms with Gasteiger partial charge in [0.05, 0.1) is 6.10 Å². The largest absolute Gasteiger partial charge is 0.446 e. The van der Waals surface area contributed by atoms with Gasteiger partial charge in [-0.2, -0.15) is 0 Å². The van der Waals surface area contributed by atoms with Crippen LogP contribution in [0.2, 0.25) is 10.0 Å². The summed E-state index contributed by atoms with van der Waals surface area (Å²) in [4.78, 5) is 45.4. The number of rotatable bonds is 8. The monoisotopic (exact) mass is 804 g/mol. The van der Waals surface area contributed by atoms with Crippen LogP contribution in [0.3, 0.4) is 0 Å². The maximum absolute atomic E-state index is 12.5. The second kappa shape index (κ2) is 16.4. The molecule has 0 aliphatic heterocycles. The standard InChI is InChI=1S/C18H21ClN2O3.C14H17ClN2O.C3H6O.CCl2O.ClH/c1-11(15(22)20-13-4-2-12(19)3-5-13)17-8-18(9-17,10-17)21-16(23)24-14-6-7-14;1-9(13-6-14(16,7-13)8-13)12(18)17-11-4-2-10(15)3-5-11;4-3-1-2-3;2-1(3)4;/h2-5,11,14H,6-10H2,1H3,(H,20,22)(H,21,23);2-5,9H,6-8,16H2,1H3,(H,17,18);3-4H,1-2H2;;1H. The quantitative estimate of drug-likeness (QED) is 0.167. The van der Waals surface area contributed by atoms with Crippen LogP contribution in [0.5, 0.6) is 0 Å². The minimum Gasteiger partial charge on any atom is -0.446 e. The minimum atomic E-state index is -0.889. The molecule has 4 bridgehead atoms. The first-order valence-electron chi connectivity index (χ1n) is 16.9. The minimum absolute atomic E-state index is 0. The zero-order valence-corrected chi connectivity index (χ0v) is 32.3. The smallest absolute Gasteiger partial charge is 0.407 e. The number of carbonyl (C=O) groups is 4. The fourth-order valence-corrected chi connectivity index (χ4v) is 7.90. The molecule has 3 amide bonds. The van der Waals surface area contributed by atoms with Gasteiger partial charge in [-0.3, -0.25) is 14.4 Å². The number of halogens is 5. The molecule has 8 fully saturated rings. The van der Waals surface area contributed by atoms with Crippen molar-refractivity contribution in [1.29, 1.82) is 0 Å². The molecule has 6 N–H and O–H groups in total. The van der Waals surface area contributed by atoms with Crippen LogP contribution in [0.4, 0.5) is 21.0 Å². The number of hydrogen-bond donors (Lipinski definition) is 5. The number of anilines is 2. The van der Waals surface area contributed by atoms with E-state index in [1.807, 2.05) is 26.0 Å². The first-order chi connectivity index (χ1) is 23.4. The highest BCUT2D eigenvalue weighted by atomic mass is 35.5. The Labute approximate surface area is 324 Å². The Morgan fingerprint density at radius 2 is 1.10 bits per heavy atom. The molecule has 280 valence electrons. The zero-order chi connectivity index (χ0) is 36.5. The summed E-state index contributed by atoms with van der Waals surface area (Å²) in [7, 11) is 0. The third-order valence-electron chi connectivity index (χ3n) is 10.7. The summed E-state index contributed by atoms with van der Waals surface area (Å²) in [5, 5.41) is 18.4. The second-order valence-electron chi connectivity index (χ2n) is 15.1. The van der Waals surface area contributed by atoms with Crippen molar-refractivity contribution in [1.82, 2.24) is 5.32 Å². The summed E-state index contributed by atoms with van der Waals surface area (Å²) in [6, 6.07) is 14.3. The highest BCUT2D eigenvalue weighted by Gasteiger charge is 2.71. The average molecular weight is 807 g/mol. The Morgan fingerprint density at radius 3 is 1.41 bits per heavy atom. The molecule has 0 aromatic heterocycles. The lowest BCUT2D eigenvalue weighted by Crippen LogP contribution is -2.77. The number of carbonyl (C=O) groups excluding carboxylic acids is 4. The predicted octanol–water partition coefficient (Wildman–Crippen LogP) is 8.67. The van der Waals surface area contributed by atoms with Crippen molar-refractivity contribution in [2.24, 2.45) is 28.4 Å². The van der Waals surface area contributed by atoms with E-state index in [1.165, 1.54) is 0 Å². The first kappa shape index (κ1) is 41.4. The molecule has 2 unspecified atom stereocenters. The summed E-state index contributed by atoms with van der Waals surface area (Å²) in [6.45, 7) is 3.97. The highest BCUT2D eigenvalue weighted by Crippen LogP contribution is 2.71. The summed E-state index contributed by atoms with van der Waals surface area (Å²) in [5.41, 5.74) is 7.68. The SMILES string of the molecule is CC(C(=O)Nc1ccc(Cl)cc1)C12CC(N)(C1)C2.CC(C(=O)Nc1ccc(Cl)cc1)C12CC(NC(=O)OC3CC3)(C1)C2.Cl.O=C(Cl)Cl.OC1CC1. The topological polar surface area (TPSA) is 160 Å². The van der Waals surface area contributed by atoms with Gasteiger partial charge in [-0.1, -0.05) is 37.0 Å². The molecule has 2 aromatic rings. The number of hydrogen-bond acceptors (Lipinski definition) is 7. The molecular formula is C36H45Cl5N4O6. The molecule has 8 aliphatic carbocycles. The van der Waals surface area contributed by atoms with Crippen LogP contribution in [-0.4, -0.2) is 51.0 Å². The normalized spacial score (nSPS) is 29.3. The molecule has 0 radical (unpaired) electrons. The van der Waals surface area contributed by atoms with Crippen LogP contribution in [0, 0.1) is 22.7 Å². The van der Waals surface area contributed by atoms with Crippen LogP contribution in [-0.2, 0) is 14.3 Å². The van der Waals surface area contributed by atoms with E-state index < -0.39 is 4.70 Å². The highest BCUT2D eigenvalue weighted by molar-refractivity contribution is 6.93. The second-order valence-corrected chi connectivity index (χ2v) is 16.8. The number of ether oxygens (including phenoxy) is 1. The fraction of sp³-hybridized carbons (Fsp3) is 0.556. The van der Waals surface area contributed by atoms with Crippen molar-refractivity contribution in [3.8, 4) is 0 Å². The Balaban J connectivity index is 0.000000190. The van der Waals surface area contributed by atoms with Crippen molar-refractivity contribution in [3.63, 3.8) is 0 Å². The van der Waals surface area contributed by atoms with Crippen molar-refractivity contribution in [3.05, 3.63) is 58.6 Å². The van der Waals surface area contributed by atoms with Crippen molar-refractivity contribution in [2.75, 3.05) is 10.6 Å². The maximum atomic E-state index is 12.5. The van der Waals surface area contributed by atoms with E-state index in [1.54, 1.807) is 36.4 Å². The van der Waals surface area contributed by atoms with Crippen LogP contribution in [0.15, 0.2) is 48.5 Å². The van der Waals surface area contributed by atoms with Crippen molar-refractivity contribution < 1.29 is 29.0 Å². The average Bonchev–Trinajstić information content (AvgIpc) is 3.93. The summed E-state index contributed by atoms with van der Waals surface area (Å²) < 4.78 is 4.36. The van der Waals surface area contributed by atoms with E-state index >= 15 is 0 Å². The number of aliphatic hydroxyl groups is 1. The van der Waals surface area contributed by atoms with Gasteiger partial charge in [-0.25, -0.2) is 4.79 Å². The lowest BCUT2D eigenvalue weighted by Gasteiger charge is -2.72. The summed E-state index contributed by atoms with van der Waals surface area (Å²) in [6.07, 6.45) is 9.50. The van der Waals surface area contributed by atoms with Crippen LogP contribution >= 0.6 is 58.8 Å². The molecule has 10 nitrogen and oxygen atoms in total. The van der Waals surface area contributed by atoms with E-state index in [9.17, 15) is 14.4 Å². The van der Waals surface area contributed by atoms with E-state index in [0.29, 0.717) is 10.0 Å². The molecule has 2 atom stereocenters. The Hall–Kier alpha value is -2.31. The van der Waals surface area contributed by atoms with E-state index in [0.717, 1.165) is 75.6 Å². The molecule has 2 aromatic carbocycles. The molecule has 0 saturated heterocycles. The van der Waals surface area contributed by atoms with E-state index in [-0.39, 0.29) is 76.3 Å². The fourth-order valence-electron chi connectivity index (χ4n) is 7.65. The molecular weight excluding hydrogens is 762 g/mol. The Kier molecular flexibility index (Phi) is 13.3. The van der Waals surface area contributed by atoms with Crippen molar-refractivity contribution >= 4 is 92.8 Å². The van der Waals surface area contributed by atoms with Gasteiger partial charge < -0.3 is 31.5 Å². The van der Waals surface area contributed by atoms with Gasteiger partial charge in [-0.15, -0.1) is 12.4 Å². The molecule has 8 aliphatic rings. The Morgan fingerprint density at radius 1 is 0.745 bits per heavy atom. The molecule has 51 heavy (non-hydrogen) atoms. The van der Waals surface area contributed by atoms with Gasteiger partial charge in [0, 0.05) is 44.3 Å². The zero-order valence-electron chi connectivity index (χ0n) is 28.5. The van der Waals surface area contributed by atoms with Crippen molar-refractivity contribution in [2.45, 2.75) is 101 Å². The predicted molar refractivity (Wildman–Crippen MR) is 203 cm³/mol. The van der Waals surface area contributed by atoms with Crippen LogP contribution < -0.4 is 21.7 Å². The summed E-state index contributed by atoms with van der Waals surface area (Å²) >= 11 is 20.5. The van der Waals surface area contributed by atoms with Gasteiger partial charge >= 0.3 is 10.8 Å². The maximum Gasteiger partial charge on any atom is 0.407 e. The van der Waals surface area contributed by atoms with Crippen LogP contribution in [0.1, 0.15) is 78.1 Å². The van der Waals surface area contributed by atoms with E-state index in [4.69, 9.17) is 43.6 Å². The number of aliphatic hydroxyl groups excluding tert-OH is 1. The van der Waals surface area contributed by atoms with Gasteiger partial charge in [0.15, 0.2) is 0 Å². The van der Waals surface area contributed by atoms with E-state index in [2.05, 4.69) is 39.2 Å². The molecule has 15 heteroatoms. The number of amides is 3. The third-order valence-corrected chi connectivity index (χ3v) is 11.2. The van der Waals surface area contributed by atoms with Gasteiger partial charge in [0.2, 0.25) is 11.8 Å². The molecule has 8 saturated carbocycles. The number of nitrogens with one attached hydrogen (secondary N) is 3. The number of benzene rings is 2. The molecule has 0 heterocycles. The number of nitrogens with two attached hydrogens (primary N) is 1. The van der Waals surface area contributed by atoms with Gasteiger partial charge in [-0.05, 0) is 147 Å².